The van der Waals surface area contributed by atoms with Gasteiger partial charge in [-0.3, -0.25) is 0 Å². The molecule has 3 atom stereocenters. The third kappa shape index (κ3) is 1.69. The highest BCUT2D eigenvalue weighted by atomic mass is 15.2. The zero-order valence-electron chi connectivity index (χ0n) is 9.26. The summed E-state index contributed by atoms with van der Waals surface area (Å²) in [5, 5.41) is 3.65. The van der Waals surface area contributed by atoms with Gasteiger partial charge in [0.15, 0.2) is 0 Å². The molecule has 0 aromatic rings. The zero-order valence-corrected chi connectivity index (χ0v) is 9.26. The molecule has 0 amide bonds. The smallest absolute Gasteiger partial charge is 0.0356 e. The second-order valence-corrected chi connectivity index (χ2v) is 4.78. The molecule has 14 heavy (non-hydrogen) atoms. The molecule has 3 N–H and O–H groups in total. The number of fused-ring (bicyclic) bond motifs is 2. The van der Waals surface area contributed by atoms with Crippen LogP contribution in [0.3, 0.4) is 0 Å². The van der Waals surface area contributed by atoms with Crippen molar-refractivity contribution in [3.63, 3.8) is 0 Å². The largest absolute Gasteiger partial charge is 0.329 e. The summed E-state index contributed by atoms with van der Waals surface area (Å²) >= 11 is 0. The Hall–Kier alpha value is -0.120. The number of nitrogens with zero attached hydrogens (tertiary/aromatic N) is 1. The van der Waals surface area contributed by atoms with E-state index in [9.17, 15) is 0 Å². The van der Waals surface area contributed by atoms with Crippen LogP contribution in [0.2, 0.25) is 0 Å². The van der Waals surface area contributed by atoms with Crippen molar-refractivity contribution in [1.29, 1.82) is 0 Å². The van der Waals surface area contributed by atoms with Crippen LogP contribution in [0.25, 0.3) is 0 Å². The minimum absolute atomic E-state index is 0.256. The molecule has 0 saturated carbocycles. The Bertz CT molecular complexity index is 195. The van der Waals surface area contributed by atoms with E-state index in [1.54, 1.807) is 0 Å². The highest BCUT2D eigenvalue weighted by Crippen LogP contribution is 2.34. The fraction of sp³-hybridized carbons (Fsp3) is 1.00. The lowest BCUT2D eigenvalue weighted by Crippen LogP contribution is -2.64. The number of rotatable bonds is 3. The van der Waals surface area contributed by atoms with E-state index in [0.717, 1.165) is 19.0 Å². The quantitative estimate of drug-likeness (QED) is 0.688. The highest BCUT2D eigenvalue weighted by molar-refractivity contribution is 5.01. The second-order valence-electron chi connectivity index (χ2n) is 4.78. The van der Waals surface area contributed by atoms with Crippen molar-refractivity contribution in [2.75, 3.05) is 32.7 Å². The molecule has 3 heteroatoms. The molecule has 82 valence electrons. The van der Waals surface area contributed by atoms with Crippen LogP contribution in [-0.4, -0.2) is 43.2 Å². The van der Waals surface area contributed by atoms with Crippen molar-refractivity contribution in [3.05, 3.63) is 0 Å². The second kappa shape index (κ2) is 4.17. The van der Waals surface area contributed by atoms with E-state index in [1.165, 1.54) is 38.9 Å². The van der Waals surface area contributed by atoms with Crippen molar-refractivity contribution in [3.8, 4) is 0 Å². The van der Waals surface area contributed by atoms with Gasteiger partial charge < -0.3 is 16.0 Å². The minimum atomic E-state index is 0.256. The molecule has 0 radical (unpaired) electrons. The number of likely N-dealkylation sites (N-methyl/N-ethyl adjacent to an activating group) is 1. The van der Waals surface area contributed by atoms with E-state index in [-0.39, 0.29) is 5.54 Å². The normalized spacial score (nSPS) is 42.4. The highest BCUT2D eigenvalue weighted by Gasteiger charge is 2.42. The van der Waals surface area contributed by atoms with Crippen LogP contribution >= 0.6 is 0 Å². The molecule has 2 rings (SSSR count). The number of piperidine rings is 2. The van der Waals surface area contributed by atoms with Crippen LogP contribution in [-0.2, 0) is 0 Å². The minimum Gasteiger partial charge on any atom is -0.329 e. The van der Waals surface area contributed by atoms with Crippen LogP contribution in [0.5, 0.6) is 0 Å². The maximum atomic E-state index is 5.98. The Kier molecular flexibility index (Phi) is 3.10. The first-order chi connectivity index (χ1) is 6.80. The van der Waals surface area contributed by atoms with Crippen molar-refractivity contribution >= 4 is 0 Å². The van der Waals surface area contributed by atoms with Gasteiger partial charge in [0.25, 0.3) is 0 Å². The van der Waals surface area contributed by atoms with Crippen molar-refractivity contribution in [2.24, 2.45) is 11.7 Å². The van der Waals surface area contributed by atoms with Crippen LogP contribution in [0, 0.1) is 5.92 Å². The van der Waals surface area contributed by atoms with Gasteiger partial charge in [0, 0.05) is 18.6 Å². The zero-order chi connectivity index (χ0) is 10.0. The van der Waals surface area contributed by atoms with E-state index < -0.39 is 0 Å². The third-order valence-corrected chi connectivity index (χ3v) is 4.05. The molecular weight excluding hydrogens is 174 g/mol. The molecule has 0 aromatic carbocycles. The van der Waals surface area contributed by atoms with E-state index in [2.05, 4.69) is 17.1 Å². The Morgan fingerprint density at radius 2 is 2.36 bits per heavy atom. The predicted octanol–water partition coefficient (Wildman–Crippen LogP) is 0.409. The summed E-state index contributed by atoms with van der Waals surface area (Å²) in [7, 11) is 0. The molecule has 2 aliphatic rings. The monoisotopic (exact) mass is 197 g/mol. The van der Waals surface area contributed by atoms with E-state index in [0.29, 0.717) is 0 Å². The molecule has 2 aliphatic heterocycles. The lowest BCUT2D eigenvalue weighted by atomic mass is 9.73. The van der Waals surface area contributed by atoms with Gasteiger partial charge in [-0.15, -0.1) is 0 Å². The molecule has 2 fully saturated rings. The molecule has 0 aliphatic carbocycles. The molecule has 0 aromatic heterocycles. The first-order valence-corrected chi connectivity index (χ1v) is 5.98. The summed E-state index contributed by atoms with van der Waals surface area (Å²) in [5.41, 5.74) is 6.23. The lowest BCUT2D eigenvalue weighted by Gasteiger charge is -2.51. The first-order valence-electron chi connectivity index (χ1n) is 5.98. The average Bonchev–Trinajstić information content (AvgIpc) is 2.24. The first kappa shape index (κ1) is 10.4. The maximum Gasteiger partial charge on any atom is 0.0356 e. The molecule has 2 saturated heterocycles. The van der Waals surface area contributed by atoms with Gasteiger partial charge in [0.1, 0.15) is 0 Å². The number of nitrogens with one attached hydrogen (secondary N) is 1. The Morgan fingerprint density at radius 1 is 1.50 bits per heavy atom. The van der Waals surface area contributed by atoms with E-state index in [4.69, 9.17) is 5.73 Å². The molecule has 2 heterocycles. The Labute approximate surface area is 87.0 Å². The lowest BCUT2D eigenvalue weighted by molar-refractivity contribution is 0.0371. The van der Waals surface area contributed by atoms with Gasteiger partial charge in [-0.05, 0) is 44.8 Å². The maximum absolute atomic E-state index is 5.98. The van der Waals surface area contributed by atoms with Crippen LogP contribution in [0.1, 0.15) is 26.2 Å². The fourth-order valence-electron chi connectivity index (χ4n) is 3.20. The molecule has 0 spiro atoms. The Morgan fingerprint density at radius 3 is 3.07 bits per heavy atom. The average molecular weight is 197 g/mol. The van der Waals surface area contributed by atoms with Gasteiger partial charge in [-0.2, -0.15) is 0 Å². The molecule has 3 unspecified atom stereocenters. The van der Waals surface area contributed by atoms with Crippen molar-refractivity contribution in [1.82, 2.24) is 10.2 Å². The number of hydrogen-bond acceptors (Lipinski definition) is 3. The summed E-state index contributed by atoms with van der Waals surface area (Å²) in [5.74, 6) is 0.787. The molecule has 3 nitrogen and oxygen atoms in total. The van der Waals surface area contributed by atoms with Crippen LogP contribution in [0.4, 0.5) is 0 Å². The third-order valence-electron chi connectivity index (χ3n) is 4.05. The van der Waals surface area contributed by atoms with Gasteiger partial charge >= 0.3 is 0 Å². The van der Waals surface area contributed by atoms with Gasteiger partial charge in [0.2, 0.25) is 0 Å². The summed E-state index contributed by atoms with van der Waals surface area (Å²) in [6.45, 7) is 7.85. The van der Waals surface area contributed by atoms with Gasteiger partial charge in [0.05, 0.1) is 0 Å². The molecular formula is C11H23N3. The summed E-state index contributed by atoms with van der Waals surface area (Å²) < 4.78 is 0. The number of hydrogen-bond donors (Lipinski definition) is 2. The van der Waals surface area contributed by atoms with E-state index >= 15 is 0 Å². The SMILES string of the molecule is CCNC1(CN)CCN2CCCC1C2. The van der Waals surface area contributed by atoms with E-state index in [1.807, 2.05) is 0 Å². The number of nitrogens with two attached hydrogens (primary N) is 1. The van der Waals surface area contributed by atoms with Crippen molar-refractivity contribution in [2.45, 2.75) is 31.7 Å². The summed E-state index contributed by atoms with van der Waals surface area (Å²) in [6, 6.07) is 0. The summed E-state index contributed by atoms with van der Waals surface area (Å²) in [6.07, 6.45) is 3.96. The predicted molar refractivity (Wildman–Crippen MR) is 59.2 cm³/mol. The van der Waals surface area contributed by atoms with Crippen molar-refractivity contribution < 1.29 is 0 Å². The van der Waals surface area contributed by atoms with Crippen LogP contribution in [0.15, 0.2) is 0 Å². The fourth-order valence-corrected chi connectivity index (χ4v) is 3.20. The standard InChI is InChI=1S/C11H23N3/c1-2-13-11(9-12)5-7-14-6-3-4-10(11)8-14/h10,13H,2-9,12H2,1H3. The Balaban J connectivity index is 2.08. The molecule has 2 bridgehead atoms. The topological polar surface area (TPSA) is 41.3 Å². The summed E-state index contributed by atoms with van der Waals surface area (Å²) in [4.78, 5) is 2.60. The van der Waals surface area contributed by atoms with Gasteiger partial charge in [-0.25, -0.2) is 0 Å². The van der Waals surface area contributed by atoms with Gasteiger partial charge in [-0.1, -0.05) is 6.92 Å². The van der Waals surface area contributed by atoms with Crippen LogP contribution < -0.4 is 11.1 Å².